The molecule has 2 heterocycles. The lowest BCUT2D eigenvalue weighted by Crippen LogP contribution is -2.23. The molecule has 0 aliphatic carbocycles. The zero-order valence-corrected chi connectivity index (χ0v) is 13.2. The predicted molar refractivity (Wildman–Crippen MR) is 83.4 cm³/mol. The van der Waals surface area contributed by atoms with Crippen LogP contribution >= 0.6 is 34.5 Å². The molecule has 0 radical (unpaired) electrons. The van der Waals surface area contributed by atoms with Crippen LogP contribution < -0.4 is 5.32 Å². The molecule has 0 saturated carbocycles. The molecule has 0 bridgehead atoms. The number of halogens is 2. The van der Waals surface area contributed by atoms with Crippen molar-refractivity contribution in [2.45, 2.75) is 26.3 Å². The van der Waals surface area contributed by atoms with Gasteiger partial charge in [0.2, 0.25) is 0 Å². The number of nitrogens with one attached hydrogen (secondary N) is 1. The van der Waals surface area contributed by atoms with E-state index in [1.54, 1.807) is 0 Å². The molecule has 19 heavy (non-hydrogen) atoms. The molecule has 2 nitrogen and oxygen atoms in total. The van der Waals surface area contributed by atoms with Crippen LogP contribution in [-0.2, 0) is 6.42 Å². The van der Waals surface area contributed by atoms with E-state index < -0.39 is 0 Å². The van der Waals surface area contributed by atoms with Crippen LogP contribution in [0.1, 0.15) is 29.8 Å². The summed E-state index contributed by atoms with van der Waals surface area (Å²) in [7, 11) is 0. The minimum Gasteiger partial charge on any atom is -0.310 e. The van der Waals surface area contributed by atoms with Crippen molar-refractivity contribution in [1.82, 2.24) is 10.3 Å². The average molecular weight is 315 g/mol. The Morgan fingerprint density at radius 3 is 2.68 bits per heavy atom. The molecule has 2 aromatic heterocycles. The third-order valence-corrected chi connectivity index (χ3v) is 4.41. The van der Waals surface area contributed by atoms with Crippen molar-refractivity contribution in [3.8, 4) is 0 Å². The number of thiophene rings is 1. The summed E-state index contributed by atoms with van der Waals surface area (Å²) < 4.78 is 1.47. The maximum Gasteiger partial charge on any atom is 0.0992 e. The second-order valence-corrected chi connectivity index (χ2v) is 6.71. The Bertz CT molecular complexity index is 537. The lowest BCUT2D eigenvalue weighted by molar-refractivity contribution is 0.545. The maximum atomic E-state index is 6.24. The van der Waals surface area contributed by atoms with Crippen molar-refractivity contribution in [3.05, 3.63) is 49.9 Å². The molecule has 1 atom stereocenters. The summed E-state index contributed by atoms with van der Waals surface area (Å²) in [6.45, 7) is 4.99. The Morgan fingerprint density at radius 2 is 2.16 bits per heavy atom. The molecule has 102 valence electrons. The second-order valence-electron chi connectivity index (χ2n) is 4.42. The van der Waals surface area contributed by atoms with Crippen molar-refractivity contribution in [3.63, 3.8) is 0 Å². The Balaban J connectivity index is 2.20. The van der Waals surface area contributed by atoms with Gasteiger partial charge < -0.3 is 5.32 Å². The van der Waals surface area contributed by atoms with Crippen LogP contribution in [0.2, 0.25) is 8.67 Å². The van der Waals surface area contributed by atoms with Gasteiger partial charge in [0.1, 0.15) is 0 Å². The van der Waals surface area contributed by atoms with Gasteiger partial charge in [0.05, 0.1) is 8.67 Å². The van der Waals surface area contributed by atoms with Gasteiger partial charge in [-0.15, -0.1) is 11.3 Å². The zero-order valence-electron chi connectivity index (χ0n) is 10.9. The Kier molecular flexibility index (Phi) is 5.22. The fourth-order valence-corrected chi connectivity index (χ4v) is 3.54. The van der Waals surface area contributed by atoms with E-state index >= 15 is 0 Å². The summed E-state index contributed by atoms with van der Waals surface area (Å²) in [5, 5.41) is 3.44. The van der Waals surface area contributed by atoms with Gasteiger partial charge >= 0.3 is 0 Å². The Hall–Kier alpha value is -0.610. The Labute approximate surface area is 127 Å². The van der Waals surface area contributed by atoms with Crippen LogP contribution in [0.5, 0.6) is 0 Å². The number of aromatic nitrogens is 1. The highest BCUT2D eigenvalue weighted by Gasteiger charge is 2.17. The zero-order chi connectivity index (χ0) is 13.8. The highest BCUT2D eigenvalue weighted by atomic mass is 35.5. The summed E-state index contributed by atoms with van der Waals surface area (Å²) in [5.74, 6) is 0. The first-order valence-corrected chi connectivity index (χ1v) is 7.77. The van der Waals surface area contributed by atoms with Crippen molar-refractivity contribution in [2.24, 2.45) is 0 Å². The number of likely N-dealkylation sites (N-methyl/N-ethyl adjacent to an activating group) is 1. The maximum absolute atomic E-state index is 6.24. The molecule has 2 rings (SSSR count). The van der Waals surface area contributed by atoms with Crippen molar-refractivity contribution >= 4 is 34.5 Å². The van der Waals surface area contributed by atoms with Crippen LogP contribution in [0.3, 0.4) is 0 Å². The third kappa shape index (κ3) is 3.93. The lowest BCUT2D eigenvalue weighted by atomic mass is 10.0. The van der Waals surface area contributed by atoms with Crippen LogP contribution in [0.25, 0.3) is 0 Å². The molecule has 1 unspecified atom stereocenters. The first-order chi connectivity index (χ1) is 9.10. The summed E-state index contributed by atoms with van der Waals surface area (Å²) in [6.07, 6.45) is 2.70. The quantitative estimate of drug-likeness (QED) is 0.868. The third-order valence-electron chi connectivity index (χ3n) is 2.89. The largest absolute Gasteiger partial charge is 0.310 e. The molecule has 0 saturated heterocycles. The first kappa shape index (κ1) is 14.8. The van der Waals surface area contributed by atoms with E-state index in [0.717, 1.165) is 32.9 Å². The summed E-state index contributed by atoms with van der Waals surface area (Å²) in [4.78, 5) is 4.45. The van der Waals surface area contributed by atoms with Gasteiger partial charge in [0.15, 0.2) is 0 Å². The van der Waals surface area contributed by atoms with Crippen molar-refractivity contribution < 1.29 is 0 Å². The SMILES string of the molecule is CCNC(Cc1ccc(C)cn1)c1cc(Cl)sc1Cl. The number of hydrogen-bond acceptors (Lipinski definition) is 3. The number of nitrogens with zero attached hydrogens (tertiary/aromatic N) is 1. The van der Waals surface area contributed by atoms with Crippen LogP contribution in [0.4, 0.5) is 0 Å². The second kappa shape index (κ2) is 6.71. The highest BCUT2D eigenvalue weighted by molar-refractivity contribution is 7.20. The standard InChI is InChI=1S/C14H16Cl2N2S/c1-3-17-12(11-7-13(15)19-14(11)16)6-10-5-4-9(2)8-18-10/h4-5,7-8,12,17H,3,6H2,1-2H3. The average Bonchev–Trinajstić information content (AvgIpc) is 2.71. The molecule has 0 amide bonds. The van der Waals surface area contributed by atoms with E-state index in [1.165, 1.54) is 16.9 Å². The molecule has 2 aromatic rings. The lowest BCUT2D eigenvalue weighted by Gasteiger charge is -2.17. The van der Waals surface area contributed by atoms with Gasteiger partial charge in [-0.25, -0.2) is 0 Å². The van der Waals surface area contributed by atoms with Crippen LogP contribution in [0.15, 0.2) is 24.4 Å². The van der Waals surface area contributed by atoms with Crippen molar-refractivity contribution in [2.75, 3.05) is 6.54 Å². The van der Waals surface area contributed by atoms with Gasteiger partial charge in [-0.3, -0.25) is 4.98 Å². The molecule has 0 aromatic carbocycles. The molecule has 0 aliphatic heterocycles. The molecular formula is C14H16Cl2N2S. The van der Waals surface area contributed by atoms with Gasteiger partial charge in [-0.1, -0.05) is 36.2 Å². The van der Waals surface area contributed by atoms with E-state index in [0.29, 0.717) is 0 Å². The minimum absolute atomic E-state index is 0.149. The van der Waals surface area contributed by atoms with E-state index in [1.807, 2.05) is 19.2 Å². The summed E-state index contributed by atoms with van der Waals surface area (Å²) in [5.41, 5.74) is 3.27. The number of pyridine rings is 1. The van der Waals surface area contributed by atoms with E-state index in [4.69, 9.17) is 23.2 Å². The van der Waals surface area contributed by atoms with Crippen LogP contribution in [-0.4, -0.2) is 11.5 Å². The van der Waals surface area contributed by atoms with Gasteiger partial charge in [-0.05, 0) is 31.2 Å². The fraction of sp³-hybridized carbons (Fsp3) is 0.357. The molecule has 5 heteroatoms. The number of rotatable bonds is 5. The van der Waals surface area contributed by atoms with E-state index in [-0.39, 0.29) is 6.04 Å². The first-order valence-electron chi connectivity index (χ1n) is 6.19. The highest BCUT2D eigenvalue weighted by Crippen LogP contribution is 2.35. The predicted octanol–water partition coefficient (Wildman–Crippen LogP) is 4.65. The molecule has 0 fully saturated rings. The smallest absolute Gasteiger partial charge is 0.0992 e. The Morgan fingerprint density at radius 1 is 1.37 bits per heavy atom. The normalized spacial score (nSPS) is 12.6. The molecule has 0 aliphatic rings. The topological polar surface area (TPSA) is 24.9 Å². The minimum atomic E-state index is 0.149. The molecule has 1 N–H and O–H groups in total. The van der Waals surface area contributed by atoms with Crippen LogP contribution in [0, 0.1) is 6.92 Å². The van der Waals surface area contributed by atoms with Gasteiger partial charge in [-0.2, -0.15) is 0 Å². The number of hydrogen-bond donors (Lipinski definition) is 1. The number of aryl methyl sites for hydroxylation is 1. The summed E-state index contributed by atoms with van der Waals surface area (Å²) in [6, 6.07) is 6.22. The molecular weight excluding hydrogens is 299 g/mol. The monoisotopic (exact) mass is 314 g/mol. The van der Waals surface area contributed by atoms with E-state index in [2.05, 4.69) is 29.4 Å². The van der Waals surface area contributed by atoms with E-state index in [9.17, 15) is 0 Å². The fourth-order valence-electron chi connectivity index (χ4n) is 1.96. The molecule has 0 spiro atoms. The van der Waals surface area contributed by atoms with Crippen molar-refractivity contribution in [1.29, 1.82) is 0 Å². The van der Waals surface area contributed by atoms with Gasteiger partial charge in [0, 0.05) is 29.9 Å². The summed E-state index contributed by atoms with van der Waals surface area (Å²) >= 11 is 13.7. The van der Waals surface area contributed by atoms with Gasteiger partial charge in [0.25, 0.3) is 0 Å².